The lowest BCUT2D eigenvalue weighted by atomic mass is 9.83. The number of hydrogen-bond donors (Lipinski definition) is 0. The average molecular weight is 648 g/mol. The first-order valence-corrected chi connectivity index (χ1v) is 15.7. The van der Waals surface area contributed by atoms with Crippen LogP contribution < -0.4 is 0 Å². The number of hydrogen-bond acceptors (Lipinski definition) is 2. The topological polar surface area (TPSA) is 14.4 Å². The van der Waals surface area contributed by atoms with Crippen LogP contribution in [0.3, 0.4) is 0 Å². The third kappa shape index (κ3) is 4.99. The number of nitrogens with zero attached hydrogens (tertiary/aromatic N) is 4. The van der Waals surface area contributed by atoms with E-state index in [4.69, 9.17) is 0 Å². The Balaban J connectivity index is 2.17. The molecule has 4 nitrogen and oxygen atoms in total. The maximum atomic E-state index is 17.4. The molecule has 0 amide bonds. The van der Waals surface area contributed by atoms with Gasteiger partial charge in [-0.05, 0) is 104 Å². The number of fused-ring (bicyclic) bond motifs is 2. The Morgan fingerprint density at radius 1 is 0.846 bits per heavy atom. The first-order chi connectivity index (χ1) is 18.6. The summed E-state index contributed by atoms with van der Waals surface area (Å²) < 4.78 is 38.8. The Morgan fingerprint density at radius 3 is 1.92 bits per heavy atom. The lowest BCUT2D eigenvalue weighted by molar-refractivity contribution is -0.364. The molecule has 0 bridgehead atoms. The van der Waals surface area contributed by atoms with E-state index in [-0.39, 0.29) is 0 Å². The monoisotopic (exact) mass is 648 g/mol. The van der Waals surface area contributed by atoms with Crippen molar-refractivity contribution in [3.8, 4) is 0 Å². The molecular formula is C31H44BF2IN4. The highest BCUT2D eigenvalue weighted by molar-refractivity contribution is 14.1. The number of allylic oxidation sites excluding steroid dienone is 1. The third-order valence-electron chi connectivity index (χ3n) is 8.85. The van der Waals surface area contributed by atoms with Gasteiger partial charge in [-0.25, -0.2) is 0 Å². The molecule has 8 heteroatoms. The Kier molecular flexibility index (Phi) is 9.28. The lowest BCUT2D eigenvalue weighted by Gasteiger charge is -2.36. The van der Waals surface area contributed by atoms with E-state index in [9.17, 15) is 0 Å². The summed E-state index contributed by atoms with van der Waals surface area (Å²) in [6.45, 7) is 17.0. The van der Waals surface area contributed by atoms with Gasteiger partial charge < -0.3 is 17.6 Å². The molecule has 0 radical (unpaired) electrons. The van der Waals surface area contributed by atoms with Gasteiger partial charge >= 0.3 is 6.97 Å². The van der Waals surface area contributed by atoms with Crippen molar-refractivity contribution >= 4 is 40.8 Å². The van der Waals surface area contributed by atoms with Crippen LogP contribution in [0.2, 0.25) is 0 Å². The fourth-order valence-corrected chi connectivity index (χ4v) is 7.02. The van der Waals surface area contributed by atoms with Crippen molar-refractivity contribution in [1.82, 2.24) is 14.3 Å². The summed E-state index contributed by atoms with van der Waals surface area (Å²) in [5, 5.41) is 0. The van der Waals surface area contributed by atoms with Crippen LogP contribution in [0.15, 0.2) is 41.1 Å². The van der Waals surface area contributed by atoms with E-state index in [1.54, 1.807) is 0 Å². The maximum Gasteiger partial charge on any atom is 0.737 e. The molecule has 0 aliphatic carbocycles. The fourth-order valence-electron chi connectivity index (χ4n) is 6.66. The molecule has 3 heterocycles. The van der Waals surface area contributed by atoms with Crippen LogP contribution in [0.4, 0.5) is 8.63 Å². The molecule has 1 aromatic heterocycles. The zero-order valence-electron chi connectivity index (χ0n) is 25.0. The van der Waals surface area contributed by atoms with Crippen molar-refractivity contribution in [2.75, 3.05) is 32.7 Å². The molecule has 0 atom stereocenters. The molecular weight excluding hydrogens is 604 g/mol. The molecule has 39 heavy (non-hydrogen) atoms. The van der Waals surface area contributed by atoms with Gasteiger partial charge in [0.25, 0.3) is 0 Å². The van der Waals surface area contributed by atoms with Gasteiger partial charge in [-0.1, -0.05) is 53.7 Å². The van der Waals surface area contributed by atoms with Crippen molar-refractivity contribution in [1.29, 1.82) is 0 Å². The summed E-state index contributed by atoms with van der Waals surface area (Å²) in [5.74, 6) is 0. The summed E-state index contributed by atoms with van der Waals surface area (Å²) in [5.41, 5.74) is 8.98. The molecule has 0 unspecified atom stereocenters. The van der Waals surface area contributed by atoms with Gasteiger partial charge in [0.1, 0.15) is 0 Å². The van der Waals surface area contributed by atoms with Gasteiger partial charge in [0.15, 0.2) is 11.4 Å². The van der Waals surface area contributed by atoms with Crippen LogP contribution in [0.1, 0.15) is 83.0 Å². The zero-order chi connectivity index (χ0) is 28.6. The smallest absolute Gasteiger partial charge is 0.392 e. The van der Waals surface area contributed by atoms with E-state index in [0.29, 0.717) is 24.5 Å². The highest BCUT2D eigenvalue weighted by Crippen LogP contribution is 2.47. The number of halogens is 3. The Bertz CT molecular complexity index is 1330. The van der Waals surface area contributed by atoms with Crippen molar-refractivity contribution < 1.29 is 13.1 Å². The van der Waals surface area contributed by atoms with Crippen LogP contribution in [-0.4, -0.2) is 64.2 Å². The molecule has 4 rings (SSSR count). The van der Waals surface area contributed by atoms with Crippen LogP contribution in [-0.2, 0) is 13.0 Å². The Morgan fingerprint density at radius 2 is 1.41 bits per heavy atom. The molecule has 2 aliphatic heterocycles. The van der Waals surface area contributed by atoms with Crippen LogP contribution in [0, 0.1) is 10.5 Å². The normalized spacial score (nSPS) is 16.7. The Hall–Kier alpha value is -1.78. The minimum Gasteiger partial charge on any atom is -0.392 e. The molecule has 2 aliphatic rings. The molecule has 2 aromatic rings. The largest absolute Gasteiger partial charge is 0.737 e. The predicted molar refractivity (Wildman–Crippen MR) is 170 cm³/mol. The second-order valence-corrected chi connectivity index (χ2v) is 11.9. The van der Waals surface area contributed by atoms with Gasteiger partial charge in [-0.2, -0.15) is 0 Å². The molecule has 212 valence electrons. The summed E-state index contributed by atoms with van der Waals surface area (Å²) in [6.07, 6.45) is 1.46. The van der Waals surface area contributed by atoms with Gasteiger partial charge in [-0.3, -0.25) is 9.80 Å². The first kappa shape index (κ1) is 30.2. The summed E-state index contributed by atoms with van der Waals surface area (Å²) >= 11 is 2.31. The lowest BCUT2D eigenvalue weighted by Crippen LogP contribution is -2.53. The van der Waals surface area contributed by atoms with Gasteiger partial charge in [0.2, 0.25) is 0 Å². The minimum absolute atomic E-state index is 0.524. The van der Waals surface area contributed by atoms with Gasteiger partial charge in [0, 0.05) is 32.6 Å². The molecule has 1 aromatic carbocycles. The predicted octanol–water partition coefficient (Wildman–Crippen LogP) is 7.34. The minimum atomic E-state index is -4.11. The van der Waals surface area contributed by atoms with Gasteiger partial charge in [-0.15, -0.1) is 0 Å². The average Bonchev–Trinajstić information content (AvgIpc) is 3.37. The maximum absolute atomic E-state index is 17.4. The summed E-state index contributed by atoms with van der Waals surface area (Å²) in [6, 6.07) is 8.38. The second kappa shape index (κ2) is 12.0. The summed E-state index contributed by atoms with van der Waals surface area (Å²) in [7, 11) is 0. The van der Waals surface area contributed by atoms with Crippen molar-refractivity contribution in [2.45, 2.75) is 74.8 Å². The van der Waals surface area contributed by atoms with E-state index < -0.39 is 6.97 Å². The highest BCUT2D eigenvalue weighted by Gasteiger charge is 2.57. The number of aromatic nitrogens is 1. The molecule has 0 saturated carbocycles. The van der Waals surface area contributed by atoms with Crippen molar-refractivity contribution in [2.24, 2.45) is 0 Å². The molecule has 0 N–H and O–H groups in total. The zero-order valence-corrected chi connectivity index (χ0v) is 27.1. The van der Waals surface area contributed by atoms with Gasteiger partial charge in [0.05, 0.1) is 12.1 Å². The second-order valence-electron chi connectivity index (χ2n) is 10.6. The molecule has 0 saturated heterocycles. The fraction of sp³-hybridized carbons (Fsp3) is 0.516. The third-order valence-corrected chi connectivity index (χ3v) is 9.57. The van der Waals surface area contributed by atoms with E-state index >= 15 is 8.63 Å². The highest BCUT2D eigenvalue weighted by atomic mass is 127. The number of benzene rings is 1. The molecule has 0 spiro atoms. The van der Waals surface area contributed by atoms with Crippen molar-refractivity contribution in [3.63, 3.8) is 0 Å². The first-order valence-electron chi connectivity index (χ1n) is 14.7. The van der Waals surface area contributed by atoms with E-state index in [1.807, 2.05) is 0 Å². The molecule has 0 fully saturated rings. The van der Waals surface area contributed by atoms with Crippen LogP contribution >= 0.6 is 22.6 Å². The van der Waals surface area contributed by atoms with Crippen LogP contribution in [0.25, 0.3) is 5.57 Å². The van der Waals surface area contributed by atoms with E-state index in [2.05, 4.69) is 112 Å². The quantitative estimate of drug-likeness (QED) is 0.187. The number of rotatable bonds is 11. The standard InChI is InChI=1S/C31H44BF2IN4/c1-9-25-21(7)30-29(23-15-17-24(35)18-16-23)31-22(8)26(10-2)28(20-37(13-5)14-6)39(31)32(33,34)38(30)27(25)19-36(11-3)12-4/h15-18H,9-14,19-20H2,1-8H3. The van der Waals surface area contributed by atoms with Crippen molar-refractivity contribution in [3.05, 3.63) is 72.8 Å². The SMILES string of the molecule is CCC1=C(C)C2=C(c3ccc(I)cc3)c3c(C)c(CC)c(CN(CC)CC)n3[B-](F)(F)[N+]2=C1CN(CC)CC. The Labute approximate surface area is 247 Å². The summed E-state index contributed by atoms with van der Waals surface area (Å²) in [4.78, 5) is 4.51. The van der Waals surface area contributed by atoms with E-state index in [1.165, 1.54) is 8.96 Å². The van der Waals surface area contributed by atoms with E-state index in [0.717, 1.165) is 87.4 Å². The van der Waals surface area contributed by atoms with Crippen LogP contribution in [0.5, 0.6) is 0 Å².